The molecule has 0 aromatic heterocycles. The number of hydrogen-bond donors (Lipinski definition) is 2. The van der Waals surface area contributed by atoms with Crippen LogP contribution in [0.3, 0.4) is 0 Å². The lowest BCUT2D eigenvalue weighted by atomic mass is 10.1. The molecule has 0 amide bonds. The van der Waals surface area contributed by atoms with E-state index in [1.807, 2.05) is 0 Å². The van der Waals surface area contributed by atoms with Crippen molar-refractivity contribution in [1.29, 1.82) is 0 Å². The highest BCUT2D eigenvalue weighted by atomic mass is 32.2. The van der Waals surface area contributed by atoms with Crippen molar-refractivity contribution in [1.82, 2.24) is 0 Å². The first-order chi connectivity index (χ1) is 8.83. The van der Waals surface area contributed by atoms with Crippen LogP contribution in [0.2, 0.25) is 0 Å². The molecule has 1 aromatic carbocycles. The Kier molecular flexibility index (Phi) is 4.98. The molecule has 2 N–H and O–H groups in total. The van der Waals surface area contributed by atoms with Crippen LogP contribution in [0.4, 0.5) is 5.69 Å². The van der Waals surface area contributed by atoms with Crippen LogP contribution in [0.25, 0.3) is 0 Å². The van der Waals surface area contributed by atoms with Gasteiger partial charge in [0, 0.05) is 17.9 Å². The predicted molar refractivity (Wildman–Crippen MR) is 68.4 cm³/mol. The number of nitrogens with zero attached hydrogens (tertiary/aromatic N) is 1. The third-order valence-electron chi connectivity index (χ3n) is 2.82. The fourth-order valence-electron chi connectivity index (χ4n) is 1.66. The fraction of sp³-hybridized carbons (Fsp3) is 0.455. The Morgan fingerprint density at radius 2 is 2.05 bits per heavy atom. The first-order valence-corrected chi connectivity index (χ1v) is 7.30. The van der Waals surface area contributed by atoms with E-state index in [1.165, 1.54) is 25.1 Å². The minimum Gasteiger partial charge on any atom is -0.395 e. The third-order valence-corrected chi connectivity index (χ3v) is 4.95. The zero-order valence-corrected chi connectivity index (χ0v) is 11.1. The van der Waals surface area contributed by atoms with Crippen LogP contribution >= 0.6 is 0 Å². The molecular weight excluding hydrogens is 274 g/mol. The van der Waals surface area contributed by atoms with E-state index in [4.69, 9.17) is 5.11 Å². The van der Waals surface area contributed by atoms with Crippen LogP contribution in [0.15, 0.2) is 24.3 Å². The lowest BCUT2D eigenvalue weighted by molar-refractivity contribution is -0.385. The van der Waals surface area contributed by atoms with Crippen molar-refractivity contribution in [2.24, 2.45) is 0 Å². The number of aliphatic hydroxyl groups excluding tert-OH is 2. The van der Waals surface area contributed by atoms with Crippen molar-refractivity contribution < 1.29 is 23.6 Å². The Bertz CT molecular complexity index is 556. The first kappa shape index (κ1) is 15.5. The highest BCUT2D eigenvalue weighted by Gasteiger charge is 2.32. The average molecular weight is 289 g/mol. The Morgan fingerprint density at radius 3 is 2.53 bits per heavy atom. The van der Waals surface area contributed by atoms with Gasteiger partial charge in [-0.3, -0.25) is 10.1 Å². The maximum Gasteiger partial charge on any atom is 0.269 e. The minimum absolute atomic E-state index is 0.0882. The highest BCUT2D eigenvalue weighted by Crippen LogP contribution is 2.25. The van der Waals surface area contributed by atoms with Gasteiger partial charge in [-0.1, -0.05) is 19.1 Å². The van der Waals surface area contributed by atoms with Gasteiger partial charge < -0.3 is 10.2 Å². The summed E-state index contributed by atoms with van der Waals surface area (Å²) in [4.78, 5) is 9.98. The number of benzene rings is 1. The summed E-state index contributed by atoms with van der Waals surface area (Å²) < 4.78 is 23.4. The van der Waals surface area contributed by atoms with Crippen molar-refractivity contribution in [3.05, 3.63) is 39.9 Å². The molecule has 0 bridgehead atoms. The van der Waals surface area contributed by atoms with E-state index in [0.717, 1.165) is 6.07 Å². The van der Waals surface area contributed by atoms with E-state index in [-0.39, 0.29) is 17.0 Å². The van der Waals surface area contributed by atoms with Crippen molar-refractivity contribution in [2.45, 2.75) is 18.3 Å². The normalized spacial score (nSPS) is 14.9. The number of aliphatic hydroxyl groups is 2. The summed E-state index contributed by atoms with van der Waals surface area (Å²) in [5, 5.41) is 28.4. The van der Waals surface area contributed by atoms with E-state index in [2.05, 4.69) is 0 Å². The second kappa shape index (κ2) is 6.09. The first-order valence-electron chi connectivity index (χ1n) is 5.58. The van der Waals surface area contributed by atoms with Gasteiger partial charge >= 0.3 is 0 Å². The number of sulfone groups is 1. The molecule has 0 spiro atoms. The maximum absolute atomic E-state index is 11.7. The molecule has 1 aromatic rings. The highest BCUT2D eigenvalue weighted by molar-refractivity contribution is 7.92. The standard InChI is InChI=1S/C11H15NO6S/c1-2-19(17,18)10(7-13)11(14)8-4-3-5-9(6-8)12(15)16/h3-6,10-11,13-14H,2,7H2,1H3/t10-,11+/m1/s1. The summed E-state index contributed by atoms with van der Waals surface area (Å²) in [6, 6.07) is 5.06. The van der Waals surface area contributed by atoms with Crippen LogP contribution in [0.5, 0.6) is 0 Å². The molecule has 0 radical (unpaired) electrons. The summed E-state index contributed by atoms with van der Waals surface area (Å²) in [6.07, 6.45) is -1.50. The zero-order chi connectivity index (χ0) is 14.6. The second-order valence-corrected chi connectivity index (χ2v) is 6.48. The van der Waals surface area contributed by atoms with Gasteiger partial charge in [-0.15, -0.1) is 0 Å². The number of hydrogen-bond acceptors (Lipinski definition) is 6. The van der Waals surface area contributed by atoms with Gasteiger partial charge in [-0.05, 0) is 5.56 Å². The SMILES string of the molecule is CCS(=O)(=O)[C@H](CO)[C@@H](O)c1cccc([N+](=O)[O-])c1. The van der Waals surface area contributed by atoms with Crippen molar-refractivity contribution >= 4 is 15.5 Å². The maximum atomic E-state index is 11.7. The van der Waals surface area contributed by atoms with Gasteiger partial charge in [0.05, 0.1) is 17.6 Å². The smallest absolute Gasteiger partial charge is 0.269 e. The number of rotatable bonds is 6. The van der Waals surface area contributed by atoms with E-state index < -0.39 is 32.7 Å². The fourth-order valence-corrected chi connectivity index (χ4v) is 2.87. The molecular formula is C11H15NO6S. The zero-order valence-electron chi connectivity index (χ0n) is 10.3. The summed E-state index contributed by atoms with van der Waals surface area (Å²) >= 11 is 0. The molecule has 0 aliphatic carbocycles. The number of nitro benzene ring substituents is 1. The minimum atomic E-state index is -3.66. The van der Waals surface area contributed by atoms with Gasteiger partial charge in [0.2, 0.25) is 0 Å². The Morgan fingerprint density at radius 1 is 1.42 bits per heavy atom. The molecule has 0 aliphatic heterocycles. The lowest BCUT2D eigenvalue weighted by Crippen LogP contribution is -2.33. The van der Waals surface area contributed by atoms with Gasteiger partial charge in [-0.2, -0.15) is 0 Å². The molecule has 8 heteroatoms. The van der Waals surface area contributed by atoms with E-state index in [1.54, 1.807) is 0 Å². The average Bonchev–Trinajstić information content (AvgIpc) is 2.39. The molecule has 0 saturated carbocycles. The molecule has 0 saturated heterocycles. The van der Waals surface area contributed by atoms with Crippen LogP contribution in [0.1, 0.15) is 18.6 Å². The quantitative estimate of drug-likeness (QED) is 0.579. The third kappa shape index (κ3) is 3.49. The number of nitro groups is 1. The predicted octanol–water partition coefficient (Wildman–Crippen LogP) is 0.424. The molecule has 1 rings (SSSR count). The lowest BCUT2D eigenvalue weighted by Gasteiger charge is -2.20. The van der Waals surface area contributed by atoms with Crippen molar-refractivity contribution in [2.75, 3.05) is 12.4 Å². The van der Waals surface area contributed by atoms with E-state index in [0.29, 0.717) is 0 Å². The molecule has 106 valence electrons. The van der Waals surface area contributed by atoms with Crippen LogP contribution in [0, 0.1) is 10.1 Å². The van der Waals surface area contributed by atoms with E-state index >= 15 is 0 Å². The molecule has 19 heavy (non-hydrogen) atoms. The number of non-ortho nitro benzene ring substituents is 1. The summed E-state index contributed by atoms with van der Waals surface area (Å²) in [5.74, 6) is -0.232. The van der Waals surface area contributed by atoms with Crippen LogP contribution < -0.4 is 0 Å². The molecule has 7 nitrogen and oxygen atoms in total. The van der Waals surface area contributed by atoms with Crippen LogP contribution in [-0.2, 0) is 9.84 Å². The largest absolute Gasteiger partial charge is 0.395 e. The van der Waals surface area contributed by atoms with Crippen LogP contribution in [-0.4, -0.2) is 41.2 Å². The van der Waals surface area contributed by atoms with Crippen molar-refractivity contribution in [3.63, 3.8) is 0 Å². The summed E-state index contributed by atoms with van der Waals surface area (Å²) in [6.45, 7) is 0.651. The monoisotopic (exact) mass is 289 g/mol. The molecule has 0 aliphatic rings. The molecule has 2 atom stereocenters. The Hall–Kier alpha value is -1.51. The van der Waals surface area contributed by atoms with E-state index in [9.17, 15) is 23.6 Å². The molecule has 0 fully saturated rings. The van der Waals surface area contributed by atoms with Gasteiger partial charge in [-0.25, -0.2) is 8.42 Å². The topological polar surface area (TPSA) is 118 Å². The Labute approximate surface area is 110 Å². The summed E-state index contributed by atoms with van der Waals surface area (Å²) in [5.41, 5.74) is -0.160. The van der Waals surface area contributed by atoms with Gasteiger partial charge in [0.25, 0.3) is 5.69 Å². The molecule has 0 unspecified atom stereocenters. The van der Waals surface area contributed by atoms with Crippen molar-refractivity contribution in [3.8, 4) is 0 Å². The summed E-state index contributed by atoms with van der Waals surface area (Å²) in [7, 11) is -3.66. The second-order valence-electron chi connectivity index (χ2n) is 3.97. The van der Waals surface area contributed by atoms with Gasteiger partial charge in [0.1, 0.15) is 5.25 Å². The molecule has 0 heterocycles. The van der Waals surface area contributed by atoms with Gasteiger partial charge in [0.15, 0.2) is 9.84 Å². The Balaban J connectivity index is 3.14.